The predicted molar refractivity (Wildman–Crippen MR) is 84.5 cm³/mol. The van der Waals surface area contributed by atoms with Crippen molar-refractivity contribution in [2.75, 3.05) is 0 Å². The minimum Gasteiger partial charge on any atom is -0.507 e. The average Bonchev–Trinajstić information content (AvgIpc) is 2.86. The van der Waals surface area contributed by atoms with Crippen molar-refractivity contribution < 1.29 is 19.8 Å². The van der Waals surface area contributed by atoms with E-state index in [1.54, 1.807) is 13.0 Å². The molecule has 0 saturated carbocycles. The molecule has 5 nitrogen and oxygen atoms in total. The van der Waals surface area contributed by atoms with E-state index in [0.29, 0.717) is 0 Å². The average molecular weight is 311 g/mol. The molecule has 2 aromatic carbocycles. The second-order valence-electron chi connectivity index (χ2n) is 5.98. The lowest BCUT2D eigenvalue weighted by molar-refractivity contribution is -0.144. The van der Waals surface area contributed by atoms with Gasteiger partial charge in [0.25, 0.3) is 5.91 Å². The predicted octanol–water partition coefficient (Wildman–Crippen LogP) is 2.05. The number of carbonyl (C=O) groups excluding carboxylic acids is 1. The summed E-state index contributed by atoms with van der Waals surface area (Å²) < 4.78 is 0. The molecule has 3 N–H and O–H groups in total. The first-order chi connectivity index (χ1) is 10.9. The Kier molecular flexibility index (Phi) is 3.56. The Balaban J connectivity index is 1.90. The van der Waals surface area contributed by atoms with Gasteiger partial charge < -0.3 is 15.5 Å². The third kappa shape index (κ3) is 2.65. The lowest BCUT2D eigenvalue weighted by Crippen LogP contribution is -2.55. The molecule has 0 bridgehead atoms. The molecule has 0 atom stereocenters. The quantitative estimate of drug-likeness (QED) is 0.809. The molecule has 0 saturated heterocycles. The van der Waals surface area contributed by atoms with Crippen LogP contribution in [-0.4, -0.2) is 27.6 Å². The Labute approximate surface area is 133 Å². The maximum Gasteiger partial charge on any atom is 0.330 e. The Morgan fingerprint density at radius 2 is 1.70 bits per heavy atom. The van der Waals surface area contributed by atoms with Crippen molar-refractivity contribution in [2.24, 2.45) is 0 Å². The standard InChI is InChI=1S/C18H17NO4/c1-11-6-7-14(15(20)8-11)16(21)19-18(17(22)23)9-12-4-2-3-5-13(12)10-18/h2-8,20H,9-10H2,1H3,(H,19,21)(H,22,23). The highest BCUT2D eigenvalue weighted by molar-refractivity contribution is 6.00. The van der Waals surface area contributed by atoms with Gasteiger partial charge in [0, 0.05) is 12.8 Å². The molecule has 1 amide bonds. The molecule has 3 rings (SSSR count). The van der Waals surface area contributed by atoms with E-state index in [9.17, 15) is 19.8 Å². The van der Waals surface area contributed by atoms with Crippen LogP contribution < -0.4 is 5.32 Å². The molecule has 23 heavy (non-hydrogen) atoms. The van der Waals surface area contributed by atoms with Crippen LogP contribution in [-0.2, 0) is 17.6 Å². The van der Waals surface area contributed by atoms with E-state index in [0.717, 1.165) is 16.7 Å². The second kappa shape index (κ2) is 5.43. The molecule has 0 fully saturated rings. The Morgan fingerprint density at radius 3 is 2.22 bits per heavy atom. The topological polar surface area (TPSA) is 86.6 Å². The van der Waals surface area contributed by atoms with Crippen LogP contribution in [0.2, 0.25) is 0 Å². The zero-order chi connectivity index (χ0) is 16.6. The van der Waals surface area contributed by atoms with Crippen LogP contribution in [0.25, 0.3) is 0 Å². The first kappa shape index (κ1) is 15.1. The zero-order valence-electron chi connectivity index (χ0n) is 12.7. The minimum absolute atomic E-state index is 0.0761. The fourth-order valence-corrected chi connectivity index (χ4v) is 3.03. The molecule has 1 aliphatic carbocycles. The highest BCUT2D eigenvalue weighted by atomic mass is 16.4. The fourth-order valence-electron chi connectivity index (χ4n) is 3.03. The summed E-state index contributed by atoms with van der Waals surface area (Å²) in [6.45, 7) is 1.80. The van der Waals surface area contributed by atoms with Gasteiger partial charge in [0.2, 0.25) is 0 Å². The first-order valence-corrected chi connectivity index (χ1v) is 7.34. The van der Waals surface area contributed by atoms with Gasteiger partial charge >= 0.3 is 5.97 Å². The molecule has 0 spiro atoms. The second-order valence-corrected chi connectivity index (χ2v) is 5.98. The Bertz CT molecular complexity index is 772. The van der Waals surface area contributed by atoms with Crippen LogP contribution in [0.5, 0.6) is 5.75 Å². The van der Waals surface area contributed by atoms with E-state index in [2.05, 4.69) is 5.32 Å². The summed E-state index contributed by atoms with van der Waals surface area (Å²) in [7, 11) is 0. The van der Waals surface area contributed by atoms with Crippen molar-refractivity contribution in [3.63, 3.8) is 0 Å². The summed E-state index contributed by atoms with van der Waals surface area (Å²) in [4.78, 5) is 24.3. The van der Waals surface area contributed by atoms with E-state index in [4.69, 9.17) is 0 Å². The van der Waals surface area contributed by atoms with Crippen molar-refractivity contribution in [3.8, 4) is 5.75 Å². The molecular formula is C18H17NO4. The van der Waals surface area contributed by atoms with Crippen LogP contribution in [0.4, 0.5) is 0 Å². The van der Waals surface area contributed by atoms with Gasteiger partial charge in [-0.15, -0.1) is 0 Å². The number of hydrogen-bond donors (Lipinski definition) is 3. The van der Waals surface area contributed by atoms with Crippen molar-refractivity contribution in [3.05, 3.63) is 64.7 Å². The number of phenolic OH excluding ortho intramolecular Hbond substituents is 1. The lowest BCUT2D eigenvalue weighted by Gasteiger charge is -2.25. The molecule has 0 aromatic heterocycles. The largest absolute Gasteiger partial charge is 0.507 e. The summed E-state index contributed by atoms with van der Waals surface area (Å²) in [5, 5.41) is 22.2. The third-order valence-electron chi connectivity index (χ3n) is 4.26. The smallest absolute Gasteiger partial charge is 0.330 e. The monoisotopic (exact) mass is 311 g/mol. The summed E-state index contributed by atoms with van der Waals surface area (Å²) >= 11 is 0. The first-order valence-electron chi connectivity index (χ1n) is 7.34. The Hall–Kier alpha value is -2.82. The molecule has 1 aliphatic rings. The van der Waals surface area contributed by atoms with Gasteiger partial charge in [-0.05, 0) is 35.7 Å². The maximum absolute atomic E-state index is 12.5. The van der Waals surface area contributed by atoms with Gasteiger partial charge in [0.05, 0.1) is 5.56 Å². The SMILES string of the molecule is Cc1ccc(C(=O)NC2(C(=O)O)Cc3ccccc3C2)c(O)c1. The highest BCUT2D eigenvalue weighted by Crippen LogP contribution is 2.31. The summed E-state index contributed by atoms with van der Waals surface area (Å²) in [6.07, 6.45) is 0.466. The molecule has 0 radical (unpaired) electrons. The van der Waals surface area contributed by atoms with Crippen LogP contribution in [0, 0.1) is 6.92 Å². The number of phenols is 1. The van der Waals surface area contributed by atoms with Gasteiger partial charge in [-0.2, -0.15) is 0 Å². The number of carbonyl (C=O) groups is 2. The molecule has 0 aliphatic heterocycles. The van der Waals surface area contributed by atoms with Crippen LogP contribution in [0.1, 0.15) is 27.0 Å². The van der Waals surface area contributed by atoms with Gasteiger partial charge in [-0.25, -0.2) is 4.79 Å². The molecule has 5 heteroatoms. The van der Waals surface area contributed by atoms with Crippen molar-refractivity contribution in [1.82, 2.24) is 5.32 Å². The highest BCUT2D eigenvalue weighted by Gasteiger charge is 2.45. The van der Waals surface area contributed by atoms with E-state index in [-0.39, 0.29) is 24.2 Å². The van der Waals surface area contributed by atoms with E-state index in [1.165, 1.54) is 12.1 Å². The van der Waals surface area contributed by atoms with Crippen molar-refractivity contribution in [2.45, 2.75) is 25.3 Å². The number of rotatable bonds is 3. The van der Waals surface area contributed by atoms with E-state index >= 15 is 0 Å². The third-order valence-corrected chi connectivity index (χ3v) is 4.26. The number of aliphatic carboxylic acids is 1. The van der Waals surface area contributed by atoms with E-state index < -0.39 is 17.4 Å². The summed E-state index contributed by atoms with van der Waals surface area (Å²) in [6, 6.07) is 12.1. The molecule has 2 aromatic rings. The van der Waals surface area contributed by atoms with Gasteiger partial charge in [0.15, 0.2) is 0 Å². The van der Waals surface area contributed by atoms with E-state index in [1.807, 2.05) is 24.3 Å². The van der Waals surface area contributed by atoms with Crippen molar-refractivity contribution >= 4 is 11.9 Å². The van der Waals surface area contributed by atoms with Crippen molar-refractivity contribution in [1.29, 1.82) is 0 Å². The maximum atomic E-state index is 12.5. The number of aromatic hydroxyl groups is 1. The molecule has 0 heterocycles. The van der Waals surface area contributed by atoms with Crippen LogP contribution >= 0.6 is 0 Å². The number of amides is 1. The number of fused-ring (bicyclic) bond motifs is 1. The summed E-state index contributed by atoms with van der Waals surface area (Å²) in [5.74, 6) is -1.81. The number of benzene rings is 2. The summed E-state index contributed by atoms with van der Waals surface area (Å²) in [5.41, 5.74) is 1.36. The minimum atomic E-state index is -1.38. The van der Waals surface area contributed by atoms with Gasteiger partial charge in [-0.1, -0.05) is 30.3 Å². The Morgan fingerprint density at radius 1 is 1.09 bits per heavy atom. The molecular weight excluding hydrogens is 294 g/mol. The lowest BCUT2D eigenvalue weighted by atomic mass is 9.95. The number of aryl methyl sites for hydroxylation is 1. The van der Waals surface area contributed by atoms with Gasteiger partial charge in [0.1, 0.15) is 11.3 Å². The number of hydrogen-bond acceptors (Lipinski definition) is 3. The number of carboxylic acids is 1. The number of nitrogens with one attached hydrogen (secondary N) is 1. The number of carboxylic acid groups (broad SMARTS) is 1. The molecule has 0 unspecified atom stereocenters. The van der Waals surface area contributed by atoms with Crippen LogP contribution in [0.15, 0.2) is 42.5 Å². The molecule has 118 valence electrons. The van der Waals surface area contributed by atoms with Gasteiger partial charge in [-0.3, -0.25) is 4.79 Å². The normalized spacial score (nSPS) is 15.0. The van der Waals surface area contributed by atoms with Crippen LogP contribution in [0.3, 0.4) is 0 Å². The fraction of sp³-hybridized carbons (Fsp3) is 0.222. The zero-order valence-corrected chi connectivity index (χ0v) is 12.7.